The van der Waals surface area contributed by atoms with Crippen LogP contribution in [0.4, 0.5) is 10.5 Å². The number of amides is 4. The quantitative estimate of drug-likeness (QED) is 0.542. The Morgan fingerprint density at radius 3 is 2.32 bits per heavy atom. The van der Waals surface area contributed by atoms with Gasteiger partial charge in [-0.15, -0.1) is 0 Å². The van der Waals surface area contributed by atoms with Crippen LogP contribution in [0.15, 0.2) is 54.6 Å². The molecule has 0 saturated carbocycles. The Bertz CT molecular complexity index is 1120. The molecule has 202 valence electrons. The van der Waals surface area contributed by atoms with Gasteiger partial charge in [0.2, 0.25) is 17.7 Å². The number of anilines is 1. The van der Waals surface area contributed by atoms with Gasteiger partial charge in [-0.3, -0.25) is 19.3 Å². The Labute approximate surface area is 221 Å². The van der Waals surface area contributed by atoms with Crippen LogP contribution >= 0.6 is 0 Å². The van der Waals surface area contributed by atoms with Gasteiger partial charge in [0, 0.05) is 45.0 Å². The van der Waals surface area contributed by atoms with Gasteiger partial charge in [0.15, 0.2) is 0 Å². The molecule has 0 bridgehead atoms. The Hall–Kier alpha value is -4.12. The van der Waals surface area contributed by atoms with Gasteiger partial charge >= 0.3 is 6.09 Å². The fraction of sp³-hybridized carbons (Fsp3) is 0.407. The van der Waals surface area contributed by atoms with Gasteiger partial charge in [0.05, 0.1) is 19.6 Å². The minimum absolute atomic E-state index is 0.116. The van der Waals surface area contributed by atoms with Gasteiger partial charge in [-0.25, -0.2) is 4.79 Å². The predicted octanol–water partition coefficient (Wildman–Crippen LogP) is 1.91. The second kappa shape index (κ2) is 12.9. The summed E-state index contributed by atoms with van der Waals surface area (Å²) in [6, 6.07) is 15.4. The summed E-state index contributed by atoms with van der Waals surface area (Å²) in [4.78, 5) is 55.5. The van der Waals surface area contributed by atoms with Crippen molar-refractivity contribution in [3.8, 4) is 11.5 Å². The maximum Gasteiger partial charge on any atom is 0.409 e. The first kappa shape index (κ1) is 26.9. The lowest BCUT2D eigenvalue weighted by Gasteiger charge is -2.38. The Morgan fingerprint density at radius 1 is 0.947 bits per heavy atom. The Kier molecular flexibility index (Phi) is 9.15. The Morgan fingerprint density at radius 2 is 1.63 bits per heavy atom. The zero-order chi connectivity index (χ0) is 26.9. The molecule has 2 aromatic rings. The number of hydrogen-bond acceptors (Lipinski definition) is 7. The first-order valence-corrected chi connectivity index (χ1v) is 12.8. The highest BCUT2D eigenvalue weighted by atomic mass is 16.6. The number of nitrogens with zero attached hydrogens (tertiary/aromatic N) is 3. The van der Waals surface area contributed by atoms with Crippen LogP contribution in [0.2, 0.25) is 0 Å². The average molecular weight is 524 g/mol. The van der Waals surface area contributed by atoms with Gasteiger partial charge in [-0.05, 0) is 43.3 Å². The van der Waals surface area contributed by atoms with Gasteiger partial charge in [0.25, 0.3) is 0 Å². The smallest absolute Gasteiger partial charge is 0.409 e. The molecule has 0 aromatic heterocycles. The summed E-state index contributed by atoms with van der Waals surface area (Å²) < 4.78 is 10.8. The monoisotopic (exact) mass is 523 g/mol. The summed E-state index contributed by atoms with van der Waals surface area (Å²) in [6.07, 6.45) is -0.508. The van der Waals surface area contributed by atoms with Crippen molar-refractivity contribution in [3.05, 3.63) is 54.6 Å². The van der Waals surface area contributed by atoms with Gasteiger partial charge < -0.3 is 29.9 Å². The number of rotatable bonds is 8. The molecule has 0 radical (unpaired) electrons. The molecule has 0 spiro atoms. The fourth-order valence-electron chi connectivity index (χ4n) is 4.42. The number of benzene rings is 2. The average Bonchev–Trinajstić information content (AvgIpc) is 2.92. The Balaban J connectivity index is 1.29. The zero-order valence-corrected chi connectivity index (χ0v) is 21.4. The highest BCUT2D eigenvalue weighted by Crippen LogP contribution is 2.23. The second-order valence-electron chi connectivity index (χ2n) is 9.05. The molecule has 2 aliphatic rings. The minimum Gasteiger partial charge on any atom is -0.457 e. The maximum absolute atomic E-state index is 13.1. The molecule has 0 aliphatic carbocycles. The van der Waals surface area contributed by atoms with E-state index in [1.165, 1.54) is 4.90 Å². The topological polar surface area (TPSA) is 121 Å². The SMILES string of the molecule is CCOC(=O)N1CCN(CC(=O)N2CCNC(=O)C2CC(=O)Nc2ccc(Oc3ccccc3)cc2)CC1. The van der Waals surface area contributed by atoms with E-state index in [0.29, 0.717) is 63.1 Å². The van der Waals surface area contributed by atoms with E-state index in [9.17, 15) is 19.2 Å². The summed E-state index contributed by atoms with van der Waals surface area (Å²) >= 11 is 0. The van der Waals surface area contributed by atoms with E-state index in [1.54, 1.807) is 36.1 Å². The first-order chi connectivity index (χ1) is 18.4. The largest absolute Gasteiger partial charge is 0.457 e. The number of carbonyl (C=O) groups excluding carboxylic acids is 4. The molecule has 2 aromatic carbocycles. The summed E-state index contributed by atoms with van der Waals surface area (Å²) in [6.45, 7) is 4.85. The van der Waals surface area contributed by atoms with E-state index in [4.69, 9.17) is 9.47 Å². The summed E-state index contributed by atoms with van der Waals surface area (Å²) in [5, 5.41) is 5.54. The molecular formula is C27H33N5O6. The molecular weight excluding hydrogens is 490 g/mol. The van der Waals surface area contributed by atoms with Crippen LogP contribution in [0.25, 0.3) is 0 Å². The molecule has 11 heteroatoms. The predicted molar refractivity (Wildman–Crippen MR) is 140 cm³/mol. The lowest BCUT2D eigenvalue weighted by atomic mass is 10.1. The number of hydrogen-bond donors (Lipinski definition) is 2. The number of nitrogens with one attached hydrogen (secondary N) is 2. The van der Waals surface area contributed by atoms with E-state index in [2.05, 4.69) is 10.6 Å². The molecule has 11 nitrogen and oxygen atoms in total. The molecule has 2 aliphatic heterocycles. The van der Waals surface area contributed by atoms with Gasteiger partial charge in [-0.2, -0.15) is 0 Å². The van der Waals surface area contributed by atoms with Crippen LogP contribution in [-0.2, 0) is 19.1 Å². The highest BCUT2D eigenvalue weighted by molar-refractivity contribution is 5.97. The summed E-state index contributed by atoms with van der Waals surface area (Å²) in [5.41, 5.74) is 0.559. The van der Waals surface area contributed by atoms with Crippen LogP contribution < -0.4 is 15.4 Å². The molecule has 2 heterocycles. The summed E-state index contributed by atoms with van der Waals surface area (Å²) in [5.74, 6) is 0.395. The maximum atomic E-state index is 13.1. The van der Waals surface area contributed by atoms with Gasteiger partial charge in [0.1, 0.15) is 17.5 Å². The van der Waals surface area contributed by atoms with E-state index < -0.39 is 6.04 Å². The van der Waals surface area contributed by atoms with Crippen molar-refractivity contribution in [1.29, 1.82) is 0 Å². The molecule has 4 amide bonds. The number of piperazine rings is 2. The molecule has 1 unspecified atom stereocenters. The van der Waals surface area contributed by atoms with E-state index >= 15 is 0 Å². The van der Waals surface area contributed by atoms with E-state index in [-0.39, 0.29) is 36.8 Å². The van der Waals surface area contributed by atoms with Crippen molar-refractivity contribution < 1.29 is 28.7 Å². The van der Waals surface area contributed by atoms with Crippen molar-refractivity contribution in [2.45, 2.75) is 19.4 Å². The van der Waals surface area contributed by atoms with E-state index in [1.807, 2.05) is 35.2 Å². The van der Waals surface area contributed by atoms with Crippen LogP contribution in [-0.4, -0.2) is 97.0 Å². The van der Waals surface area contributed by atoms with Crippen molar-refractivity contribution in [2.24, 2.45) is 0 Å². The van der Waals surface area contributed by atoms with Crippen molar-refractivity contribution in [1.82, 2.24) is 20.0 Å². The third kappa shape index (κ3) is 7.22. The minimum atomic E-state index is -0.891. The highest BCUT2D eigenvalue weighted by Gasteiger charge is 2.35. The van der Waals surface area contributed by atoms with Crippen LogP contribution in [0.1, 0.15) is 13.3 Å². The molecule has 4 rings (SSSR count). The first-order valence-electron chi connectivity index (χ1n) is 12.8. The third-order valence-electron chi connectivity index (χ3n) is 6.40. The van der Waals surface area contributed by atoms with Crippen LogP contribution in [0.3, 0.4) is 0 Å². The van der Waals surface area contributed by atoms with Crippen molar-refractivity contribution >= 4 is 29.5 Å². The normalized spacial score (nSPS) is 17.9. The van der Waals surface area contributed by atoms with Crippen LogP contribution in [0.5, 0.6) is 11.5 Å². The van der Waals surface area contributed by atoms with E-state index in [0.717, 1.165) is 0 Å². The third-order valence-corrected chi connectivity index (χ3v) is 6.40. The number of ether oxygens (including phenoxy) is 2. The molecule has 2 fully saturated rings. The van der Waals surface area contributed by atoms with Crippen molar-refractivity contribution in [3.63, 3.8) is 0 Å². The number of para-hydroxylation sites is 1. The standard InChI is InChI=1S/C27H33N5O6/c1-2-37-27(36)31-16-14-30(15-17-31)19-25(34)32-13-12-28-26(35)23(32)18-24(33)29-20-8-10-22(11-9-20)38-21-6-4-3-5-7-21/h3-11,23H,2,12-19H2,1H3,(H,28,35)(H,29,33). The molecule has 38 heavy (non-hydrogen) atoms. The lowest BCUT2D eigenvalue weighted by molar-refractivity contribution is -0.145. The van der Waals surface area contributed by atoms with Gasteiger partial charge in [-0.1, -0.05) is 18.2 Å². The fourth-order valence-corrected chi connectivity index (χ4v) is 4.42. The zero-order valence-electron chi connectivity index (χ0n) is 21.4. The van der Waals surface area contributed by atoms with Crippen LogP contribution in [0, 0.1) is 0 Å². The second-order valence-corrected chi connectivity index (χ2v) is 9.05. The lowest BCUT2D eigenvalue weighted by Crippen LogP contribution is -2.60. The molecule has 2 saturated heterocycles. The summed E-state index contributed by atoms with van der Waals surface area (Å²) in [7, 11) is 0. The molecule has 2 N–H and O–H groups in total. The number of carbonyl (C=O) groups is 4. The molecule has 1 atom stereocenters. The van der Waals surface area contributed by atoms with Crippen molar-refractivity contribution in [2.75, 3.05) is 57.7 Å².